The molecule has 0 aromatic carbocycles. The predicted molar refractivity (Wildman–Crippen MR) is 112 cm³/mol. The number of nitrogens with one attached hydrogen (secondary N) is 2. The Morgan fingerprint density at radius 1 is 1.10 bits per heavy atom. The second-order valence-electron chi connectivity index (χ2n) is 8.79. The van der Waals surface area contributed by atoms with Crippen LogP contribution in [0.25, 0.3) is 0 Å². The number of carbonyl (C=O) groups excluding carboxylic acids is 2. The highest BCUT2D eigenvalue weighted by atomic mass is 16.2. The molecule has 0 saturated heterocycles. The molecule has 5 rings (SSSR count). The Balaban J connectivity index is 1.48. The molecule has 0 atom stereocenters. The third kappa shape index (κ3) is 3.20. The fraction of sp³-hybridized carbons (Fsp3) is 0.500. The lowest BCUT2D eigenvalue weighted by molar-refractivity contribution is -0.117. The van der Waals surface area contributed by atoms with Gasteiger partial charge in [-0.25, -0.2) is 9.97 Å². The van der Waals surface area contributed by atoms with E-state index in [0.29, 0.717) is 29.4 Å². The molecule has 0 radical (unpaired) electrons. The SMILES string of the molecule is Cc1cc(Nc2cc(NC(=O)C3CC3)ncn2)c(=O)n2c1C(=O)CC21CCCCC1. The molecule has 8 heteroatoms. The number of aryl methyl sites for hydroxylation is 1. The van der Waals surface area contributed by atoms with Gasteiger partial charge in [0, 0.05) is 18.4 Å². The van der Waals surface area contributed by atoms with Crippen LogP contribution in [0.2, 0.25) is 0 Å². The number of ketones is 1. The van der Waals surface area contributed by atoms with E-state index < -0.39 is 0 Å². The van der Waals surface area contributed by atoms with E-state index in [4.69, 9.17) is 0 Å². The number of carbonyl (C=O) groups is 2. The van der Waals surface area contributed by atoms with E-state index >= 15 is 0 Å². The van der Waals surface area contributed by atoms with E-state index in [1.807, 2.05) is 6.92 Å². The first-order valence-corrected chi connectivity index (χ1v) is 10.7. The Morgan fingerprint density at radius 2 is 1.83 bits per heavy atom. The van der Waals surface area contributed by atoms with Gasteiger partial charge in [-0.3, -0.25) is 19.0 Å². The molecule has 1 spiro atoms. The van der Waals surface area contributed by atoms with E-state index in [1.165, 1.54) is 6.33 Å². The molecule has 156 valence electrons. The number of amides is 1. The second-order valence-corrected chi connectivity index (χ2v) is 8.79. The highest BCUT2D eigenvalue weighted by molar-refractivity contribution is 5.99. The van der Waals surface area contributed by atoms with Gasteiger partial charge in [0.15, 0.2) is 5.78 Å². The highest BCUT2D eigenvalue weighted by Gasteiger charge is 2.45. The highest BCUT2D eigenvalue weighted by Crippen LogP contribution is 2.43. The summed E-state index contributed by atoms with van der Waals surface area (Å²) in [7, 11) is 0. The standard InChI is InChI=1S/C22H25N5O3/c1-13-9-15(25-17-10-18(24-12-23-17)26-20(29)14-5-6-14)21(30)27-19(13)16(28)11-22(27)7-3-2-4-8-22/h9-10,12,14H,2-8,11H2,1H3,(H2,23,24,25,26,29). The van der Waals surface area contributed by atoms with Crippen molar-refractivity contribution >= 4 is 29.0 Å². The second kappa shape index (κ2) is 7.04. The smallest absolute Gasteiger partial charge is 0.275 e. The molecule has 30 heavy (non-hydrogen) atoms. The first-order valence-electron chi connectivity index (χ1n) is 10.7. The van der Waals surface area contributed by atoms with Crippen LogP contribution >= 0.6 is 0 Å². The number of rotatable bonds is 4. The van der Waals surface area contributed by atoms with Crippen molar-refractivity contribution in [2.24, 2.45) is 5.92 Å². The van der Waals surface area contributed by atoms with Crippen LogP contribution < -0.4 is 16.2 Å². The van der Waals surface area contributed by atoms with Crippen LogP contribution in [0.5, 0.6) is 0 Å². The molecule has 3 aliphatic rings. The van der Waals surface area contributed by atoms with Crippen molar-refractivity contribution < 1.29 is 9.59 Å². The number of fused-ring (bicyclic) bond motifs is 2. The van der Waals surface area contributed by atoms with E-state index in [-0.39, 0.29) is 28.7 Å². The molecule has 8 nitrogen and oxygen atoms in total. The summed E-state index contributed by atoms with van der Waals surface area (Å²) in [6.07, 6.45) is 8.53. The molecule has 0 unspecified atom stereocenters. The Hall–Kier alpha value is -3.03. The van der Waals surface area contributed by atoms with Gasteiger partial charge in [-0.05, 0) is 44.2 Å². The van der Waals surface area contributed by atoms with E-state index in [2.05, 4.69) is 20.6 Å². The van der Waals surface area contributed by atoms with Crippen LogP contribution in [-0.4, -0.2) is 26.2 Å². The minimum absolute atomic E-state index is 0.0363. The lowest BCUT2D eigenvalue weighted by atomic mass is 9.80. The Labute approximate surface area is 174 Å². The van der Waals surface area contributed by atoms with Crippen molar-refractivity contribution in [3.63, 3.8) is 0 Å². The van der Waals surface area contributed by atoms with Crippen LogP contribution in [0.15, 0.2) is 23.3 Å². The van der Waals surface area contributed by atoms with Gasteiger partial charge < -0.3 is 10.6 Å². The third-order valence-electron chi connectivity index (χ3n) is 6.53. The molecule has 2 aliphatic carbocycles. The Bertz CT molecular complexity index is 1100. The van der Waals surface area contributed by atoms with Gasteiger partial charge in [0.25, 0.3) is 5.56 Å². The van der Waals surface area contributed by atoms with Crippen molar-refractivity contribution in [2.75, 3.05) is 10.6 Å². The largest absolute Gasteiger partial charge is 0.336 e. The fourth-order valence-corrected chi connectivity index (χ4v) is 4.91. The lowest BCUT2D eigenvalue weighted by Crippen LogP contribution is -2.40. The molecule has 0 bridgehead atoms. The number of pyridine rings is 1. The predicted octanol–water partition coefficient (Wildman–Crippen LogP) is 3.28. The van der Waals surface area contributed by atoms with Gasteiger partial charge in [-0.2, -0.15) is 0 Å². The maximum absolute atomic E-state index is 13.4. The van der Waals surface area contributed by atoms with Gasteiger partial charge in [0.05, 0.1) is 11.2 Å². The van der Waals surface area contributed by atoms with Gasteiger partial charge >= 0.3 is 0 Å². The molecule has 2 saturated carbocycles. The van der Waals surface area contributed by atoms with Crippen LogP contribution in [0.1, 0.15) is 67.4 Å². The molecule has 3 heterocycles. The van der Waals surface area contributed by atoms with Crippen molar-refractivity contribution in [1.82, 2.24) is 14.5 Å². The number of aromatic nitrogens is 3. The number of hydrogen-bond acceptors (Lipinski definition) is 6. The number of Topliss-reactive ketones (excluding diaryl/α,β-unsaturated/α-hetero) is 1. The molecular formula is C22H25N5O3. The van der Waals surface area contributed by atoms with E-state index in [0.717, 1.165) is 50.5 Å². The minimum Gasteiger partial charge on any atom is -0.336 e. The van der Waals surface area contributed by atoms with Gasteiger partial charge in [-0.15, -0.1) is 0 Å². The van der Waals surface area contributed by atoms with Gasteiger partial charge in [0.1, 0.15) is 23.7 Å². The summed E-state index contributed by atoms with van der Waals surface area (Å²) in [6, 6.07) is 3.34. The number of anilines is 3. The van der Waals surface area contributed by atoms with Crippen LogP contribution in [0, 0.1) is 12.8 Å². The average molecular weight is 407 g/mol. The Kier molecular flexibility index (Phi) is 4.45. The van der Waals surface area contributed by atoms with Crippen molar-refractivity contribution in [3.05, 3.63) is 40.1 Å². The number of nitrogens with zero attached hydrogens (tertiary/aromatic N) is 3. The molecule has 2 fully saturated rings. The quantitative estimate of drug-likeness (QED) is 0.806. The zero-order chi connectivity index (χ0) is 20.9. The number of hydrogen-bond donors (Lipinski definition) is 2. The van der Waals surface area contributed by atoms with Crippen LogP contribution in [0.3, 0.4) is 0 Å². The van der Waals surface area contributed by atoms with Crippen molar-refractivity contribution in [1.29, 1.82) is 0 Å². The van der Waals surface area contributed by atoms with Crippen molar-refractivity contribution in [2.45, 2.75) is 63.8 Å². The van der Waals surface area contributed by atoms with Gasteiger partial charge in [-0.1, -0.05) is 19.3 Å². The summed E-state index contributed by atoms with van der Waals surface area (Å²) in [5.74, 6) is 0.928. The van der Waals surface area contributed by atoms with Gasteiger partial charge in [0.2, 0.25) is 5.91 Å². The monoisotopic (exact) mass is 407 g/mol. The summed E-state index contributed by atoms with van der Waals surface area (Å²) in [5, 5.41) is 5.88. The first-order chi connectivity index (χ1) is 14.5. The van der Waals surface area contributed by atoms with E-state index in [1.54, 1.807) is 16.7 Å². The topological polar surface area (TPSA) is 106 Å². The summed E-state index contributed by atoms with van der Waals surface area (Å²) in [4.78, 5) is 46.5. The van der Waals surface area contributed by atoms with Crippen LogP contribution in [-0.2, 0) is 10.3 Å². The normalized spacial score (nSPS) is 19.6. The lowest BCUT2D eigenvalue weighted by Gasteiger charge is -2.35. The average Bonchev–Trinajstić information content (AvgIpc) is 3.52. The zero-order valence-corrected chi connectivity index (χ0v) is 17.0. The zero-order valence-electron chi connectivity index (χ0n) is 17.0. The van der Waals surface area contributed by atoms with Crippen molar-refractivity contribution in [3.8, 4) is 0 Å². The maximum atomic E-state index is 13.4. The molecule has 2 aromatic rings. The molecule has 2 aromatic heterocycles. The minimum atomic E-state index is -0.390. The Morgan fingerprint density at radius 3 is 2.57 bits per heavy atom. The molecule has 2 N–H and O–H groups in total. The maximum Gasteiger partial charge on any atom is 0.275 e. The summed E-state index contributed by atoms with van der Waals surface area (Å²) >= 11 is 0. The third-order valence-corrected chi connectivity index (χ3v) is 6.53. The van der Waals surface area contributed by atoms with Crippen LogP contribution in [0.4, 0.5) is 17.3 Å². The van der Waals surface area contributed by atoms with E-state index in [9.17, 15) is 14.4 Å². The molecule has 1 aliphatic heterocycles. The fourth-order valence-electron chi connectivity index (χ4n) is 4.91. The summed E-state index contributed by atoms with van der Waals surface area (Å²) in [5.41, 5.74) is 1.15. The molecular weight excluding hydrogens is 382 g/mol. The molecule has 1 amide bonds. The first kappa shape index (κ1) is 19.0. The summed E-state index contributed by atoms with van der Waals surface area (Å²) < 4.78 is 1.75. The summed E-state index contributed by atoms with van der Waals surface area (Å²) in [6.45, 7) is 1.87.